The fraction of sp³-hybridized carbons (Fsp3) is 0.938. The molecule has 2 unspecified atom stereocenters. The number of likely N-dealkylation sites (tertiary alicyclic amines) is 1. The molecule has 2 rings (SSSR count). The minimum Gasteiger partial charge on any atom is -0.373 e. The molecule has 0 saturated carbocycles. The monoisotopic (exact) mass is 424 g/mol. The second-order valence-corrected chi connectivity index (χ2v) is 6.51. The van der Waals surface area contributed by atoms with Crippen molar-refractivity contribution in [2.75, 3.05) is 39.8 Å². The number of rotatable bonds is 6. The van der Waals surface area contributed by atoms with Crippen LogP contribution in [0.15, 0.2) is 4.99 Å². The maximum absolute atomic E-state index is 5.81. The van der Waals surface area contributed by atoms with Crippen LogP contribution in [-0.2, 0) is 4.74 Å². The Morgan fingerprint density at radius 2 is 2.00 bits per heavy atom. The van der Waals surface area contributed by atoms with E-state index in [2.05, 4.69) is 34.4 Å². The zero-order valence-corrected chi connectivity index (χ0v) is 16.7. The van der Waals surface area contributed by atoms with Gasteiger partial charge in [0, 0.05) is 32.8 Å². The molecule has 2 fully saturated rings. The third kappa shape index (κ3) is 5.85. The first-order valence-electron chi connectivity index (χ1n) is 8.49. The van der Waals surface area contributed by atoms with E-state index in [4.69, 9.17) is 4.74 Å². The van der Waals surface area contributed by atoms with Crippen molar-refractivity contribution in [2.24, 2.45) is 4.99 Å². The molecule has 0 amide bonds. The summed E-state index contributed by atoms with van der Waals surface area (Å²) in [7, 11) is 1.84. The zero-order chi connectivity index (χ0) is 15.1. The van der Waals surface area contributed by atoms with Crippen LogP contribution in [0.1, 0.15) is 46.0 Å². The molecule has 0 aromatic rings. The summed E-state index contributed by atoms with van der Waals surface area (Å²) in [5.41, 5.74) is -0.0310. The summed E-state index contributed by atoms with van der Waals surface area (Å²) in [4.78, 5) is 6.93. The maximum Gasteiger partial charge on any atom is 0.191 e. The molecule has 2 aliphatic rings. The summed E-state index contributed by atoms with van der Waals surface area (Å²) in [6, 6.07) is 0.615. The molecule has 0 bridgehead atoms. The van der Waals surface area contributed by atoms with E-state index in [-0.39, 0.29) is 29.6 Å². The lowest BCUT2D eigenvalue weighted by Crippen LogP contribution is -2.49. The average Bonchev–Trinajstić information content (AvgIpc) is 3.15. The minimum absolute atomic E-state index is 0. The van der Waals surface area contributed by atoms with Gasteiger partial charge in [-0.05, 0) is 52.1 Å². The van der Waals surface area contributed by atoms with Gasteiger partial charge in [-0.2, -0.15) is 0 Å². The van der Waals surface area contributed by atoms with Gasteiger partial charge in [-0.15, -0.1) is 24.0 Å². The van der Waals surface area contributed by atoms with Crippen LogP contribution < -0.4 is 10.6 Å². The Labute approximate surface area is 152 Å². The Bertz CT molecular complexity index is 339. The van der Waals surface area contributed by atoms with E-state index >= 15 is 0 Å². The highest BCUT2D eigenvalue weighted by molar-refractivity contribution is 14.0. The molecular formula is C16H33IN4O. The molecule has 0 aliphatic carbocycles. The number of halogens is 1. The van der Waals surface area contributed by atoms with E-state index in [1.54, 1.807) is 0 Å². The first-order valence-corrected chi connectivity index (χ1v) is 8.49. The topological polar surface area (TPSA) is 48.9 Å². The number of aliphatic imine (C=N–C) groups is 1. The van der Waals surface area contributed by atoms with Crippen LogP contribution in [0.3, 0.4) is 0 Å². The largest absolute Gasteiger partial charge is 0.373 e. The maximum atomic E-state index is 5.81. The molecule has 22 heavy (non-hydrogen) atoms. The highest BCUT2D eigenvalue weighted by Gasteiger charge is 2.29. The van der Waals surface area contributed by atoms with Crippen LogP contribution >= 0.6 is 24.0 Å². The predicted molar refractivity (Wildman–Crippen MR) is 103 cm³/mol. The van der Waals surface area contributed by atoms with Crippen LogP contribution in [0.2, 0.25) is 0 Å². The van der Waals surface area contributed by atoms with Gasteiger partial charge in [-0.1, -0.05) is 6.92 Å². The molecule has 5 nitrogen and oxygen atoms in total. The molecule has 130 valence electrons. The fourth-order valence-corrected chi connectivity index (χ4v) is 3.32. The van der Waals surface area contributed by atoms with E-state index < -0.39 is 0 Å². The van der Waals surface area contributed by atoms with Gasteiger partial charge in [0.05, 0.1) is 5.60 Å². The van der Waals surface area contributed by atoms with Crippen LogP contribution in [0.5, 0.6) is 0 Å². The standard InChI is InChI=1S/C16H32N4O.HI/c1-4-14(20-9-5-6-10-20)12-18-15(17-3)19-13-16(2)8-7-11-21-16;/h14H,4-13H2,1-3H3,(H2,17,18,19);1H. The summed E-state index contributed by atoms with van der Waals surface area (Å²) in [6.07, 6.45) is 6.17. The summed E-state index contributed by atoms with van der Waals surface area (Å²) in [6.45, 7) is 9.63. The van der Waals surface area contributed by atoms with Gasteiger partial charge in [0.15, 0.2) is 5.96 Å². The molecule has 2 atom stereocenters. The SMILES string of the molecule is CCC(CNC(=NC)NCC1(C)CCCO1)N1CCCC1.I. The quantitative estimate of drug-likeness (QED) is 0.390. The number of hydrogen-bond donors (Lipinski definition) is 2. The van der Waals surface area contributed by atoms with Gasteiger partial charge in [-0.25, -0.2) is 0 Å². The summed E-state index contributed by atoms with van der Waals surface area (Å²) >= 11 is 0. The highest BCUT2D eigenvalue weighted by Crippen LogP contribution is 2.23. The predicted octanol–water partition coefficient (Wildman–Crippen LogP) is 2.21. The van der Waals surface area contributed by atoms with Gasteiger partial charge in [0.25, 0.3) is 0 Å². The van der Waals surface area contributed by atoms with Gasteiger partial charge < -0.3 is 15.4 Å². The van der Waals surface area contributed by atoms with E-state index in [1.165, 1.54) is 32.4 Å². The van der Waals surface area contributed by atoms with Crippen molar-refractivity contribution >= 4 is 29.9 Å². The van der Waals surface area contributed by atoms with Gasteiger partial charge in [0.1, 0.15) is 0 Å². The normalized spacial score (nSPS) is 27.5. The van der Waals surface area contributed by atoms with Crippen molar-refractivity contribution in [1.29, 1.82) is 0 Å². The molecular weight excluding hydrogens is 391 g/mol. The van der Waals surface area contributed by atoms with E-state index in [9.17, 15) is 0 Å². The first-order chi connectivity index (χ1) is 10.2. The third-order valence-electron chi connectivity index (χ3n) is 4.79. The average molecular weight is 424 g/mol. The van der Waals surface area contributed by atoms with E-state index in [0.29, 0.717) is 6.04 Å². The van der Waals surface area contributed by atoms with Crippen LogP contribution in [0.25, 0.3) is 0 Å². The van der Waals surface area contributed by atoms with E-state index in [1.807, 2.05) is 7.05 Å². The summed E-state index contributed by atoms with van der Waals surface area (Å²) in [5.74, 6) is 0.893. The van der Waals surface area contributed by atoms with Crippen molar-refractivity contribution in [3.63, 3.8) is 0 Å². The number of nitrogens with one attached hydrogen (secondary N) is 2. The number of hydrogen-bond acceptors (Lipinski definition) is 3. The van der Waals surface area contributed by atoms with E-state index in [0.717, 1.165) is 38.5 Å². The Balaban J connectivity index is 0.00000242. The first kappa shape index (κ1) is 20.0. The van der Waals surface area contributed by atoms with Crippen LogP contribution in [-0.4, -0.2) is 62.3 Å². The fourth-order valence-electron chi connectivity index (χ4n) is 3.32. The summed E-state index contributed by atoms with van der Waals surface area (Å²) in [5, 5.41) is 6.90. The Morgan fingerprint density at radius 1 is 1.27 bits per heavy atom. The number of nitrogens with zero attached hydrogens (tertiary/aromatic N) is 2. The third-order valence-corrected chi connectivity index (χ3v) is 4.79. The van der Waals surface area contributed by atoms with Gasteiger partial charge in [-0.3, -0.25) is 9.89 Å². The Hall–Kier alpha value is -0.0800. The molecule has 2 heterocycles. The highest BCUT2D eigenvalue weighted by atomic mass is 127. The second kappa shape index (κ2) is 9.93. The smallest absolute Gasteiger partial charge is 0.191 e. The molecule has 2 saturated heterocycles. The lowest BCUT2D eigenvalue weighted by molar-refractivity contribution is 0.0242. The van der Waals surface area contributed by atoms with Crippen molar-refractivity contribution in [3.05, 3.63) is 0 Å². The van der Waals surface area contributed by atoms with Crippen LogP contribution in [0.4, 0.5) is 0 Å². The number of guanidine groups is 1. The van der Waals surface area contributed by atoms with Crippen molar-refractivity contribution < 1.29 is 4.74 Å². The summed E-state index contributed by atoms with van der Waals surface area (Å²) < 4.78 is 5.81. The molecule has 0 aromatic heterocycles. The van der Waals surface area contributed by atoms with Crippen LogP contribution in [0, 0.1) is 0 Å². The molecule has 0 aromatic carbocycles. The molecule has 0 radical (unpaired) electrons. The Morgan fingerprint density at radius 3 is 2.55 bits per heavy atom. The lowest BCUT2D eigenvalue weighted by Gasteiger charge is -2.28. The molecule has 6 heteroatoms. The van der Waals surface area contributed by atoms with Gasteiger partial charge in [0.2, 0.25) is 0 Å². The second-order valence-electron chi connectivity index (χ2n) is 6.51. The van der Waals surface area contributed by atoms with Gasteiger partial charge >= 0.3 is 0 Å². The molecule has 0 spiro atoms. The zero-order valence-electron chi connectivity index (χ0n) is 14.4. The van der Waals surface area contributed by atoms with Crippen molar-refractivity contribution in [2.45, 2.75) is 57.6 Å². The molecule has 2 aliphatic heterocycles. The number of ether oxygens (including phenoxy) is 1. The lowest BCUT2D eigenvalue weighted by atomic mass is 10.0. The van der Waals surface area contributed by atoms with Crippen molar-refractivity contribution in [3.8, 4) is 0 Å². The Kier molecular flexibility index (Phi) is 9.01. The molecule has 2 N–H and O–H groups in total. The van der Waals surface area contributed by atoms with Crippen molar-refractivity contribution in [1.82, 2.24) is 15.5 Å². The minimum atomic E-state index is -0.0310.